The minimum atomic E-state index is -0.862. The fraction of sp³-hybridized carbons (Fsp3) is 0.200. The summed E-state index contributed by atoms with van der Waals surface area (Å²) in [5, 5.41) is 18.9. The van der Waals surface area contributed by atoms with Crippen molar-refractivity contribution in [1.82, 2.24) is 14.5 Å². The van der Waals surface area contributed by atoms with E-state index in [1.807, 2.05) is 28.8 Å². The van der Waals surface area contributed by atoms with E-state index in [1.54, 1.807) is 18.5 Å². The third-order valence-corrected chi connectivity index (χ3v) is 3.33. The molecule has 108 valence electrons. The lowest BCUT2D eigenvalue weighted by molar-refractivity contribution is 0.0824. The van der Waals surface area contributed by atoms with Gasteiger partial charge in [0.1, 0.15) is 11.3 Å². The number of hydrogen-bond acceptors (Lipinski definition) is 5. The molecule has 0 saturated heterocycles. The molecule has 0 bridgehead atoms. The highest BCUT2D eigenvalue weighted by Crippen LogP contribution is 2.27. The Bertz CT molecular complexity index is 755. The van der Waals surface area contributed by atoms with E-state index in [1.165, 1.54) is 0 Å². The zero-order chi connectivity index (χ0) is 14.8. The fourth-order valence-electron chi connectivity index (χ4n) is 2.34. The monoisotopic (exact) mass is 284 g/mol. The normalized spacial score (nSPS) is 12.7. The van der Waals surface area contributed by atoms with Crippen LogP contribution in [0.4, 0.5) is 5.69 Å². The molecule has 3 rings (SSSR count). The van der Waals surface area contributed by atoms with E-state index in [0.717, 1.165) is 11.1 Å². The van der Waals surface area contributed by atoms with Crippen molar-refractivity contribution >= 4 is 16.7 Å². The van der Waals surface area contributed by atoms with Crippen molar-refractivity contribution in [3.63, 3.8) is 0 Å². The van der Waals surface area contributed by atoms with Crippen molar-refractivity contribution in [2.45, 2.75) is 12.6 Å². The van der Waals surface area contributed by atoms with Crippen molar-refractivity contribution in [2.75, 3.05) is 12.3 Å². The highest BCUT2D eigenvalue weighted by Gasteiger charge is 2.16. The van der Waals surface area contributed by atoms with Gasteiger partial charge in [-0.3, -0.25) is 4.98 Å². The summed E-state index contributed by atoms with van der Waals surface area (Å²) in [5.74, 6) is 0.670. The molecule has 6 heteroatoms. The number of nitrogen functional groups attached to an aromatic ring is 1. The van der Waals surface area contributed by atoms with Crippen LogP contribution in [0.25, 0.3) is 22.4 Å². The number of fused-ring (bicyclic) bond motifs is 1. The third kappa shape index (κ3) is 2.46. The number of imidazole rings is 1. The van der Waals surface area contributed by atoms with Crippen LogP contribution in [0.5, 0.6) is 0 Å². The molecule has 0 amide bonds. The van der Waals surface area contributed by atoms with Crippen LogP contribution in [0.3, 0.4) is 0 Å². The molecular weight excluding hydrogens is 268 g/mol. The van der Waals surface area contributed by atoms with Crippen LogP contribution in [0.1, 0.15) is 0 Å². The van der Waals surface area contributed by atoms with Gasteiger partial charge in [-0.05, 0) is 24.3 Å². The van der Waals surface area contributed by atoms with Gasteiger partial charge in [0.25, 0.3) is 0 Å². The standard InChI is InChI=1S/C15H16N4O2/c16-12-4-1-5-13-14(12)18-15(10-3-2-6-17-7-10)19(13)8-11(21)9-20/h1-7,11,20-21H,8-9,16H2. The number of aliphatic hydroxyl groups is 2. The summed E-state index contributed by atoms with van der Waals surface area (Å²) in [6, 6.07) is 9.24. The first-order valence-corrected chi connectivity index (χ1v) is 6.64. The molecule has 0 radical (unpaired) electrons. The highest BCUT2D eigenvalue weighted by atomic mass is 16.3. The van der Waals surface area contributed by atoms with E-state index in [-0.39, 0.29) is 13.2 Å². The summed E-state index contributed by atoms with van der Waals surface area (Å²) in [6.45, 7) is -0.0743. The van der Waals surface area contributed by atoms with Crippen molar-refractivity contribution in [3.8, 4) is 11.4 Å². The SMILES string of the molecule is Nc1cccc2c1nc(-c1cccnc1)n2CC(O)CO. The number of benzene rings is 1. The number of pyridine rings is 1. The number of hydrogen-bond donors (Lipinski definition) is 3. The molecule has 2 aromatic heterocycles. The molecule has 1 unspecified atom stereocenters. The van der Waals surface area contributed by atoms with Gasteiger partial charge in [-0.2, -0.15) is 0 Å². The lowest BCUT2D eigenvalue weighted by Crippen LogP contribution is -2.20. The quantitative estimate of drug-likeness (QED) is 0.622. The minimum absolute atomic E-state index is 0.237. The second-order valence-electron chi connectivity index (χ2n) is 4.84. The summed E-state index contributed by atoms with van der Waals surface area (Å²) in [4.78, 5) is 8.67. The first-order valence-electron chi connectivity index (χ1n) is 6.64. The molecule has 0 aliphatic carbocycles. The van der Waals surface area contributed by atoms with Crippen LogP contribution < -0.4 is 5.73 Å². The number of nitrogens with two attached hydrogens (primary N) is 1. The topological polar surface area (TPSA) is 97.2 Å². The summed E-state index contributed by atoms with van der Waals surface area (Å²) < 4.78 is 1.85. The molecular formula is C15H16N4O2. The first kappa shape index (κ1) is 13.5. The Kier molecular flexibility index (Phi) is 3.55. The maximum atomic E-state index is 9.78. The van der Waals surface area contributed by atoms with Gasteiger partial charge in [0, 0.05) is 18.0 Å². The molecule has 4 N–H and O–H groups in total. The summed E-state index contributed by atoms with van der Waals surface area (Å²) in [5.41, 5.74) is 8.89. The van der Waals surface area contributed by atoms with Crippen LogP contribution in [-0.2, 0) is 6.54 Å². The number of nitrogens with zero attached hydrogens (tertiary/aromatic N) is 3. The van der Waals surface area contributed by atoms with Gasteiger partial charge in [0.2, 0.25) is 0 Å². The molecule has 0 fully saturated rings. The summed E-state index contributed by atoms with van der Waals surface area (Å²) >= 11 is 0. The lowest BCUT2D eigenvalue weighted by atomic mass is 10.2. The number of rotatable bonds is 4. The molecule has 2 heterocycles. The van der Waals surface area contributed by atoms with Gasteiger partial charge in [-0.15, -0.1) is 0 Å². The van der Waals surface area contributed by atoms with Crippen molar-refractivity contribution in [2.24, 2.45) is 0 Å². The van der Waals surface area contributed by atoms with Gasteiger partial charge in [0.15, 0.2) is 0 Å². The molecule has 1 aromatic carbocycles. The molecule has 3 aromatic rings. The number of anilines is 1. The van der Waals surface area contributed by atoms with E-state index in [9.17, 15) is 5.11 Å². The second kappa shape index (κ2) is 5.51. The van der Waals surface area contributed by atoms with Crippen LogP contribution in [0, 0.1) is 0 Å². The molecule has 0 saturated carbocycles. The molecule has 0 spiro atoms. The Morgan fingerprint density at radius 3 is 2.81 bits per heavy atom. The van der Waals surface area contributed by atoms with Crippen molar-refractivity contribution < 1.29 is 10.2 Å². The molecule has 6 nitrogen and oxygen atoms in total. The van der Waals surface area contributed by atoms with E-state index in [4.69, 9.17) is 10.8 Å². The van der Waals surface area contributed by atoms with E-state index in [0.29, 0.717) is 17.0 Å². The maximum absolute atomic E-state index is 9.78. The van der Waals surface area contributed by atoms with Gasteiger partial charge in [-0.1, -0.05) is 6.07 Å². The summed E-state index contributed by atoms with van der Waals surface area (Å²) in [6.07, 6.45) is 2.53. The first-order chi connectivity index (χ1) is 10.2. The van der Waals surface area contributed by atoms with Crippen LogP contribution >= 0.6 is 0 Å². The van der Waals surface area contributed by atoms with E-state index < -0.39 is 6.10 Å². The molecule has 1 atom stereocenters. The number of para-hydroxylation sites is 1. The average Bonchev–Trinajstić information content (AvgIpc) is 2.88. The van der Waals surface area contributed by atoms with Crippen LogP contribution in [0.15, 0.2) is 42.7 Å². The van der Waals surface area contributed by atoms with Crippen LogP contribution in [-0.4, -0.2) is 37.5 Å². The molecule has 0 aliphatic rings. The number of aliphatic hydroxyl groups excluding tert-OH is 2. The molecule has 21 heavy (non-hydrogen) atoms. The average molecular weight is 284 g/mol. The summed E-state index contributed by atoms with van der Waals surface area (Å²) in [7, 11) is 0. The predicted octanol–water partition coefficient (Wildman–Crippen LogP) is 1.03. The Hall–Kier alpha value is -2.44. The van der Waals surface area contributed by atoms with Gasteiger partial charge < -0.3 is 20.5 Å². The predicted molar refractivity (Wildman–Crippen MR) is 80.5 cm³/mol. The Balaban J connectivity index is 2.22. The third-order valence-electron chi connectivity index (χ3n) is 3.33. The Labute approximate surface area is 121 Å². The van der Waals surface area contributed by atoms with Gasteiger partial charge in [-0.25, -0.2) is 4.98 Å². The van der Waals surface area contributed by atoms with E-state index >= 15 is 0 Å². The maximum Gasteiger partial charge on any atom is 0.142 e. The van der Waals surface area contributed by atoms with Gasteiger partial charge >= 0.3 is 0 Å². The number of aromatic nitrogens is 3. The van der Waals surface area contributed by atoms with Crippen molar-refractivity contribution in [3.05, 3.63) is 42.7 Å². The fourth-order valence-corrected chi connectivity index (χ4v) is 2.34. The van der Waals surface area contributed by atoms with Gasteiger partial charge in [0.05, 0.1) is 30.5 Å². The van der Waals surface area contributed by atoms with E-state index in [2.05, 4.69) is 9.97 Å². The zero-order valence-electron chi connectivity index (χ0n) is 11.3. The van der Waals surface area contributed by atoms with Crippen molar-refractivity contribution in [1.29, 1.82) is 0 Å². The van der Waals surface area contributed by atoms with Crippen LogP contribution in [0.2, 0.25) is 0 Å². The largest absolute Gasteiger partial charge is 0.397 e. The zero-order valence-corrected chi connectivity index (χ0v) is 11.3. The highest BCUT2D eigenvalue weighted by molar-refractivity contribution is 5.90. The smallest absolute Gasteiger partial charge is 0.142 e. The Morgan fingerprint density at radius 1 is 1.24 bits per heavy atom. The second-order valence-corrected chi connectivity index (χ2v) is 4.84. The minimum Gasteiger partial charge on any atom is -0.397 e. The lowest BCUT2D eigenvalue weighted by Gasteiger charge is -2.12. The Morgan fingerprint density at radius 2 is 2.10 bits per heavy atom. The molecule has 0 aliphatic heterocycles.